The number of fused-ring (bicyclic) bond motifs is 1. The summed E-state index contributed by atoms with van der Waals surface area (Å²) in [5.74, 6) is 0.731. The summed E-state index contributed by atoms with van der Waals surface area (Å²) in [6.45, 7) is 4.19. The molecule has 2 atom stereocenters. The maximum absolute atomic E-state index is 13.0. The Balaban J connectivity index is 1.12. The number of aliphatic hydroxyl groups is 1. The van der Waals surface area contributed by atoms with Crippen molar-refractivity contribution in [3.63, 3.8) is 0 Å². The maximum Gasteiger partial charge on any atom is 0.222 e. The lowest BCUT2D eigenvalue weighted by Gasteiger charge is -2.32. The molecular weight excluding hydrogens is 410 g/mol. The van der Waals surface area contributed by atoms with Gasteiger partial charge in [-0.3, -0.25) is 14.7 Å². The molecule has 3 heterocycles. The number of amides is 1. The number of benzene rings is 2. The largest absolute Gasteiger partial charge is 0.391 e. The van der Waals surface area contributed by atoms with Gasteiger partial charge < -0.3 is 10.0 Å². The van der Waals surface area contributed by atoms with E-state index in [2.05, 4.69) is 46.3 Å². The van der Waals surface area contributed by atoms with Crippen LogP contribution in [0.15, 0.2) is 66.9 Å². The van der Waals surface area contributed by atoms with Crippen LogP contribution in [0.3, 0.4) is 0 Å². The Kier molecular flexibility index (Phi) is 6.70. The first-order chi connectivity index (χ1) is 16.2. The summed E-state index contributed by atoms with van der Waals surface area (Å²) < 4.78 is 0. The van der Waals surface area contributed by atoms with Gasteiger partial charge in [0.15, 0.2) is 0 Å². The number of rotatable bonds is 6. The molecule has 33 heavy (non-hydrogen) atoms. The van der Waals surface area contributed by atoms with E-state index in [0.29, 0.717) is 25.4 Å². The van der Waals surface area contributed by atoms with Crippen molar-refractivity contribution >= 4 is 16.8 Å². The summed E-state index contributed by atoms with van der Waals surface area (Å²) in [6, 6.07) is 20.8. The SMILES string of the molecule is O=C(CC1CCN(Cc2ccccc2)CC1)N1CC(O)C(Cc2ccnc3ccccc23)C1. The minimum absolute atomic E-state index is 0.0764. The standard InChI is InChI=1S/C28H33N3O2/c32-27-20-31(19-24(27)17-23-10-13-29-26-9-5-4-8-25(23)26)28(33)16-21-11-14-30(15-12-21)18-22-6-2-1-3-7-22/h1-10,13,21,24,27,32H,11-12,14-20H2. The summed E-state index contributed by atoms with van der Waals surface area (Å²) in [6.07, 6.45) is 4.89. The zero-order valence-electron chi connectivity index (χ0n) is 19.1. The normalized spacial score (nSPS) is 22.2. The van der Waals surface area contributed by atoms with Crippen LogP contribution in [0.5, 0.6) is 0 Å². The second-order valence-electron chi connectivity index (χ2n) is 9.73. The molecule has 0 radical (unpaired) electrons. The van der Waals surface area contributed by atoms with E-state index in [4.69, 9.17) is 0 Å². The molecule has 5 heteroatoms. The lowest BCUT2D eigenvalue weighted by Crippen LogP contribution is -2.36. The van der Waals surface area contributed by atoms with Gasteiger partial charge in [0.1, 0.15) is 0 Å². The smallest absolute Gasteiger partial charge is 0.222 e. The van der Waals surface area contributed by atoms with E-state index in [-0.39, 0.29) is 11.8 Å². The van der Waals surface area contributed by atoms with Gasteiger partial charge in [0.05, 0.1) is 11.6 Å². The van der Waals surface area contributed by atoms with E-state index in [9.17, 15) is 9.90 Å². The van der Waals surface area contributed by atoms with Crippen molar-refractivity contribution in [3.8, 4) is 0 Å². The molecule has 2 unspecified atom stereocenters. The minimum Gasteiger partial charge on any atom is -0.391 e. The lowest BCUT2D eigenvalue weighted by molar-refractivity contribution is -0.132. The Morgan fingerprint density at radius 1 is 0.970 bits per heavy atom. The molecule has 3 aromatic rings. The number of hydrogen-bond acceptors (Lipinski definition) is 4. The average molecular weight is 444 g/mol. The molecular formula is C28H33N3O2. The summed E-state index contributed by atoms with van der Waals surface area (Å²) >= 11 is 0. The van der Waals surface area contributed by atoms with Crippen LogP contribution in [-0.4, -0.2) is 58.1 Å². The molecule has 172 valence electrons. The monoisotopic (exact) mass is 443 g/mol. The number of likely N-dealkylation sites (tertiary alicyclic amines) is 2. The van der Waals surface area contributed by atoms with Crippen molar-refractivity contribution in [2.75, 3.05) is 26.2 Å². The topological polar surface area (TPSA) is 56.7 Å². The number of hydrogen-bond donors (Lipinski definition) is 1. The van der Waals surface area contributed by atoms with E-state index in [1.807, 2.05) is 35.4 Å². The van der Waals surface area contributed by atoms with Crippen molar-refractivity contribution in [1.29, 1.82) is 0 Å². The number of β-amino-alcohol motifs (C(OH)–C–C–N with tert-alkyl or cyclic N) is 1. The summed E-state index contributed by atoms with van der Waals surface area (Å²) in [4.78, 5) is 21.9. The van der Waals surface area contributed by atoms with Gasteiger partial charge in [-0.15, -0.1) is 0 Å². The fraction of sp³-hybridized carbons (Fsp3) is 0.429. The van der Waals surface area contributed by atoms with Gasteiger partial charge in [-0.1, -0.05) is 48.5 Å². The molecule has 1 N–H and O–H groups in total. The van der Waals surface area contributed by atoms with Crippen LogP contribution in [0.1, 0.15) is 30.4 Å². The first-order valence-electron chi connectivity index (χ1n) is 12.2. The van der Waals surface area contributed by atoms with Gasteiger partial charge in [-0.2, -0.15) is 0 Å². The third-order valence-electron chi connectivity index (χ3n) is 7.40. The molecule has 5 nitrogen and oxygen atoms in total. The molecule has 0 spiro atoms. The lowest BCUT2D eigenvalue weighted by atomic mass is 9.92. The van der Waals surface area contributed by atoms with Gasteiger partial charge in [-0.25, -0.2) is 0 Å². The fourth-order valence-electron chi connectivity index (χ4n) is 5.44. The third kappa shape index (κ3) is 5.26. The summed E-state index contributed by atoms with van der Waals surface area (Å²) in [5, 5.41) is 11.8. The molecule has 2 aliphatic rings. The highest BCUT2D eigenvalue weighted by atomic mass is 16.3. The Labute approximate surface area is 196 Å². The van der Waals surface area contributed by atoms with Crippen LogP contribution in [-0.2, 0) is 17.8 Å². The van der Waals surface area contributed by atoms with Crippen LogP contribution >= 0.6 is 0 Å². The first-order valence-corrected chi connectivity index (χ1v) is 12.2. The number of piperidine rings is 1. The van der Waals surface area contributed by atoms with Gasteiger partial charge in [0, 0.05) is 43.6 Å². The average Bonchev–Trinajstić information content (AvgIpc) is 3.21. The number of pyridine rings is 1. The number of carbonyl (C=O) groups is 1. The van der Waals surface area contributed by atoms with Gasteiger partial charge in [-0.05, 0) is 61.5 Å². The van der Waals surface area contributed by atoms with Crippen LogP contribution < -0.4 is 0 Å². The predicted octanol–water partition coefficient (Wildman–Crippen LogP) is 3.90. The number of carbonyl (C=O) groups excluding carboxylic acids is 1. The van der Waals surface area contributed by atoms with Crippen molar-refractivity contribution in [2.45, 2.75) is 38.3 Å². The van der Waals surface area contributed by atoms with Crippen LogP contribution in [0.2, 0.25) is 0 Å². The van der Waals surface area contributed by atoms with Crippen LogP contribution in [0, 0.1) is 11.8 Å². The molecule has 1 aromatic heterocycles. The zero-order valence-corrected chi connectivity index (χ0v) is 19.1. The Bertz CT molecular complexity index is 1070. The molecule has 2 aliphatic heterocycles. The highest BCUT2D eigenvalue weighted by Gasteiger charge is 2.35. The predicted molar refractivity (Wildman–Crippen MR) is 131 cm³/mol. The Morgan fingerprint density at radius 2 is 1.73 bits per heavy atom. The number of nitrogens with zero attached hydrogens (tertiary/aromatic N) is 3. The molecule has 1 amide bonds. The van der Waals surface area contributed by atoms with Crippen LogP contribution in [0.4, 0.5) is 0 Å². The molecule has 2 aromatic carbocycles. The number of aliphatic hydroxyl groups excluding tert-OH is 1. The number of aromatic nitrogens is 1. The number of para-hydroxylation sites is 1. The summed E-state index contributed by atoms with van der Waals surface area (Å²) in [5.41, 5.74) is 3.53. The molecule has 2 fully saturated rings. The highest BCUT2D eigenvalue weighted by Crippen LogP contribution is 2.28. The maximum atomic E-state index is 13.0. The Hall–Kier alpha value is -2.76. The van der Waals surface area contributed by atoms with E-state index < -0.39 is 6.10 Å². The third-order valence-corrected chi connectivity index (χ3v) is 7.40. The van der Waals surface area contributed by atoms with Crippen molar-refractivity contribution in [1.82, 2.24) is 14.8 Å². The van der Waals surface area contributed by atoms with Crippen molar-refractivity contribution in [3.05, 3.63) is 78.0 Å². The molecule has 0 aliphatic carbocycles. The molecule has 5 rings (SSSR count). The van der Waals surface area contributed by atoms with Crippen LogP contribution in [0.25, 0.3) is 10.9 Å². The zero-order chi connectivity index (χ0) is 22.6. The molecule has 0 saturated carbocycles. The van der Waals surface area contributed by atoms with Crippen molar-refractivity contribution < 1.29 is 9.90 Å². The van der Waals surface area contributed by atoms with Gasteiger partial charge in [0.2, 0.25) is 5.91 Å². The molecule has 0 bridgehead atoms. The van der Waals surface area contributed by atoms with Crippen molar-refractivity contribution in [2.24, 2.45) is 11.8 Å². The van der Waals surface area contributed by atoms with Gasteiger partial charge >= 0.3 is 0 Å². The van der Waals surface area contributed by atoms with E-state index in [1.54, 1.807) is 0 Å². The quantitative estimate of drug-likeness (QED) is 0.628. The van der Waals surface area contributed by atoms with E-state index >= 15 is 0 Å². The summed E-state index contributed by atoms with van der Waals surface area (Å²) in [7, 11) is 0. The first kappa shape index (κ1) is 22.1. The minimum atomic E-state index is -0.464. The second kappa shape index (κ2) is 10.0. The second-order valence-corrected chi connectivity index (χ2v) is 9.73. The van der Waals surface area contributed by atoms with E-state index in [1.165, 1.54) is 11.1 Å². The highest BCUT2D eigenvalue weighted by molar-refractivity contribution is 5.82. The molecule has 2 saturated heterocycles. The van der Waals surface area contributed by atoms with E-state index in [0.717, 1.165) is 49.8 Å². The van der Waals surface area contributed by atoms with Gasteiger partial charge in [0.25, 0.3) is 0 Å². The fourth-order valence-corrected chi connectivity index (χ4v) is 5.44. The Morgan fingerprint density at radius 3 is 2.55 bits per heavy atom.